The molecule has 2 aromatic rings. The SMILES string of the molecule is CCCNC1CC(c2cc3ccccc3s2)C1CC. The van der Waals surface area contributed by atoms with Gasteiger partial charge in [-0.25, -0.2) is 0 Å². The van der Waals surface area contributed by atoms with Crippen LogP contribution in [0.15, 0.2) is 30.3 Å². The van der Waals surface area contributed by atoms with E-state index in [9.17, 15) is 0 Å². The fraction of sp³-hybridized carbons (Fsp3) is 0.529. The van der Waals surface area contributed by atoms with Crippen molar-refractivity contribution in [1.82, 2.24) is 5.32 Å². The molecule has 3 atom stereocenters. The van der Waals surface area contributed by atoms with E-state index in [2.05, 4.69) is 49.5 Å². The van der Waals surface area contributed by atoms with Crippen LogP contribution in [0.25, 0.3) is 10.1 Å². The van der Waals surface area contributed by atoms with Gasteiger partial charge in [-0.1, -0.05) is 38.5 Å². The van der Waals surface area contributed by atoms with E-state index >= 15 is 0 Å². The van der Waals surface area contributed by atoms with Crippen LogP contribution in [0.3, 0.4) is 0 Å². The zero-order valence-corrected chi connectivity index (χ0v) is 12.7. The summed E-state index contributed by atoms with van der Waals surface area (Å²) < 4.78 is 1.44. The summed E-state index contributed by atoms with van der Waals surface area (Å²) in [5.74, 6) is 1.62. The third-order valence-corrected chi connectivity index (χ3v) is 5.73. The van der Waals surface area contributed by atoms with Gasteiger partial charge in [0.2, 0.25) is 0 Å². The molecule has 3 rings (SSSR count). The minimum absolute atomic E-state index is 0.750. The molecule has 1 N–H and O–H groups in total. The Morgan fingerprint density at radius 1 is 1.26 bits per heavy atom. The van der Waals surface area contributed by atoms with Gasteiger partial charge in [-0.3, -0.25) is 0 Å². The molecule has 1 aliphatic carbocycles. The lowest BCUT2D eigenvalue weighted by Gasteiger charge is -2.44. The molecule has 0 aliphatic heterocycles. The summed E-state index contributed by atoms with van der Waals surface area (Å²) in [7, 11) is 0. The van der Waals surface area contributed by atoms with Crippen LogP contribution >= 0.6 is 11.3 Å². The van der Waals surface area contributed by atoms with E-state index in [1.165, 1.54) is 35.9 Å². The van der Waals surface area contributed by atoms with E-state index in [1.807, 2.05) is 11.3 Å². The van der Waals surface area contributed by atoms with Crippen LogP contribution in [0.5, 0.6) is 0 Å². The Morgan fingerprint density at radius 2 is 2.11 bits per heavy atom. The Morgan fingerprint density at radius 3 is 2.84 bits per heavy atom. The lowest BCUT2D eigenvalue weighted by Crippen LogP contribution is -2.48. The van der Waals surface area contributed by atoms with Gasteiger partial charge in [0.1, 0.15) is 0 Å². The first kappa shape index (κ1) is 13.1. The monoisotopic (exact) mass is 273 g/mol. The molecule has 0 spiro atoms. The summed E-state index contributed by atoms with van der Waals surface area (Å²) in [5, 5.41) is 5.13. The minimum atomic E-state index is 0.750. The van der Waals surface area contributed by atoms with Crippen LogP contribution in [0, 0.1) is 5.92 Å². The van der Waals surface area contributed by atoms with Gasteiger partial charge in [-0.15, -0.1) is 11.3 Å². The summed E-state index contributed by atoms with van der Waals surface area (Å²) in [6.45, 7) is 5.75. The topological polar surface area (TPSA) is 12.0 Å². The molecule has 0 radical (unpaired) electrons. The van der Waals surface area contributed by atoms with Gasteiger partial charge in [0.25, 0.3) is 0 Å². The fourth-order valence-electron chi connectivity index (χ4n) is 3.35. The lowest BCUT2D eigenvalue weighted by molar-refractivity contribution is 0.163. The minimum Gasteiger partial charge on any atom is -0.314 e. The van der Waals surface area contributed by atoms with Gasteiger partial charge < -0.3 is 5.32 Å². The van der Waals surface area contributed by atoms with E-state index in [1.54, 1.807) is 4.88 Å². The Hall–Kier alpha value is -0.860. The Balaban J connectivity index is 1.75. The zero-order chi connectivity index (χ0) is 13.2. The predicted molar refractivity (Wildman–Crippen MR) is 85.0 cm³/mol. The molecule has 102 valence electrons. The van der Waals surface area contributed by atoms with Gasteiger partial charge in [0, 0.05) is 15.6 Å². The van der Waals surface area contributed by atoms with Crippen molar-refractivity contribution < 1.29 is 0 Å². The molecule has 3 unspecified atom stereocenters. The van der Waals surface area contributed by atoms with Gasteiger partial charge in [-0.2, -0.15) is 0 Å². The van der Waals surface area contributed by atoms with Gasteiger partial charge in [0.15, 0.2) is 0 Å². The third kappa shape index (κ3) is 2.44. The normalized spacial score (nSPS) is 26.5. The second-order valence-electron chi connectivity index (χ2n) is 5.66. The standard InChI is InChI=1S/C17H23NS/c1-3-9-18-15-11-14(13(15)4-2)17-10-12-7-5-6-8-16(12)19-17/h5-8,10,13-15,18H,3-4,9,11H2,1-2H3. The van der Waals surface area contributed by atoms with Crippen molar-refractivity contribution in [3.8, 4) is 0 Å². The zero-order valence-electron chi connectivity index (χ0n) is 11.9. The molecule has 1 saturated carbocycles. The first-order valence-electron chi connectivity index (χ1n) is 7.55. The van der Waals surface area contributed by atoms with Crippen LogP contribution < -0.4 is 5.32 Å². The van der Waals surface area contributed by atoms with Crippen LogP contribution in [-0.2, 0) is 0 Å². The predicted octanol–water partition coefficient (Wildman–Crippen LogP) is 4.78. The van der Waals surface area contributed by atoms with E-state index in [0.29, 0.717) is 0 Å². The van der Waals surface area contributed by atoms with Crippen LogP contribution in [-0.4, -0.2) is 12.6 Å². The van der Waals surface area contributed by atoms with E-state index in [4.69, 9.17) is 0 Å². The van der Waals surface area contributed by atoms with E-state index in [0.717, 1.165) is 17.9 Å². The molecule has 1 nitrogen and oxygen atoms in total. The van der Waals surface area contributed by atoms with Crippen molar-refractivity contribution in [3.63, 3.8) is 0 Å². The van der Waals surface area contributed by atoms with Crippen LogP contribution in [0.2, 0.25) is 0 Å². The summed E-state index contributed by atoms with van der Waals surface area (Å²) in [6, 6.07) is 11.9. The van der Waals surface area contributed by atoms with Crippen molar-refractivity contribution in [3.05, 3.63) is 35.2 Å². The summed E-state index contributed by atoms with van der Waals surface area (Å²) in [6.07, 6.45) is 3.85. The summed E-state index contributed by atoms with van der Waals surface area (Å²) in [4.78, 5) is 1.60. The first-order valence-corrected chi connectivity index (χ1v) is 8.37. The fourth-order valence-corrected chi connectivity index (χ4v) is 4.61. The molecule has 1 heterocycles. The highest BCUT2D eigenvalue weighted by molar-refractivity contribution is 7.19. The molecular formula is C17H23NS. The quantitative estimate of drug-likeness (QED) is 0.826. The Kier molecular flexibility index (Phi) is 3.90. The van der Waals surface area contributed by atoms with Gasteiger partial charge in [-0.05, 0) is 48.7 Å². The molecule has 0 saturated heterocycles. The van der Waals surface area contributed by atoms with E-state index in [-0.39, 0.29) is 0 Å². The van der Waals surface area contributed by atoms with Crippen molar-refractivity contribution >= 4 is 21.4 Å². The number of hydrogen-bond acceptors (Lipinski definition) is 2. The summed E-state index contributed by atoms with van der Waals surface area (Å²) >= 11 is 2.00. The van der Waals surface area contributed by atoms with E-state index < -0.39 is 0 Å². The average Bonchev–Trinajstić information content (AvgIpc) is 2.81. The smallest absolute Gasteiger partial charge is 0.0345 e. The molecular weight excluding hydrogens is 250 g/mol. The number of nitrogens with one attached hydrogen (secondary N) is 1. The molecule has 1 fully saturated rings. The third-order valence-electron chi connectivity index (χ3n) is 4.48. The van der Waals surface area contributed by atoms with Crippen molar-refractivity contribution in [2.24, 2.45) is 5.92 Å². The maximum Gasteiger partial charge on any atom is 0.0345 e. The first-order chi connectivity index (χ1) is 9.33. The average molecular weight is 273 g/mol. The van der Waals surface area contributed by atoms with Crippen molar-refractivity contribution in [1.29, 1.82) is 0 Å². The number of thiophene rings is 1. The molecule has 1 aromatic carbocycles. The molecule has 1 aliphatic rings. The van der Waals surface area contributed by atoms with Gasteiger partial charge >= 0.3 is 0 Å². The van der Waals surface area contributed by atoms with Gasteiger partial charge in [0.05, 0.1) is 0 Å². The second-order valence-corrected chi connectivity index (χ2v) is 6.78. The lowest BCUT2D eigenvalue weighted by atomic mass is 9.67. The molecule has 2 heteroatoms. The molecule has 0 bridgehead atoms. The van der Waals surface area contributed by atoms with Crippen LogP contribution in [0.1, 0.15) is 43.9 Å². The maximum absolute atomic E-state index is 3.71. The highest BCUT2D eigenvalue weighted by atomic mass is 32.1. The maximum atomic E-state index is 3.71. The number of rotatable bonds is 5. The number of fused-ring (bicyclic) bond motifs is 1. The second kappa shape index (κ2) is 5.64. The summed E-state index contributed by atoms with van der Waals surface area (Å²) in [5.41, 5.74) is 0. The molecule has 0 amide bonds. The highest BCUT2D eigenvalue weighted by Gasteiger charge is 2.40. The Labute approximate surface area is 120 Å². The van der Waals surface area contributed by atoms with Crippen LogP contribution in [0.4, 0.5) is 0 Å². The van der Waals surface area contributed by atoms with Crippen molar-refractivity contribution in [2.75, 3.05) is 6.54 Å². The Bertz CT molecular complexity index is 512. The van der Waals surface area contributed by atoms with Crippen molar-refractivity contribution in [2.45, 2.75) is 45.1 Å². The molecule has 1 aromatic heterocycles. The highest BCUT2D eigenvalue weighted by Crippen LogP contribution is 2.47. The molecule has 19 heavy (non-hydrogen) atoms. The number of benzene rings is 1. The largest absolute Gasteiger partial charge is 0.314 e. The number of hydrogen-bond donors (Lipinski definition) is 1.